The van der Waals surface area contributed by atoms with Crippen molar-refractivity contribution in [2.75, 3.05) is 0 Å². The highest BCUT2D eigenvalue weighted by atomic mass is 16.6. The van der Waals surface area contributed by atoms with Crippen LogP contribution in [-0.2, 0) is 23.9 Å². The largest absolute Gasteiger partial charge is 0.460 e. The van der Waals surface area contributed by atoms with Crippen LogP contribution in [-0.4, -0.2) is 23.5 Å². The van der Waals surface area contributed by atoms with E-state index in [0.717, 1.165) is 18.3 Å². The Bertz CT molecular complexity index is 527. The molecule has 0 N–H and O–H groups in total. The molecule has 7 unspecified atom stereocenters. The molecule has 0 spiro atoms. The van der Waals surface area contributed by atoms with Crippen molar-refractivity contribution in [2.45, 2.75) is 66.9 Å². The highest BCUT2D eigenvalue weighted by Crippen LogP contribution is 2.55. The molecule has 0 radical (unpaired) electrons. The van der Waals surface area contributed by atoms with Gasteiger partial charge in [0.05, 0.1) is 17.8 Å². The van der Waals surface area contributed by atoms with Crippen LogP contribution in [0, 0.1) is 41.4 Å². The number of hydrogen-bond donors (Lipinski definition) is 0. The van der Waals surface area contributed by atoms with E-state index in [1.165, 1.54) is 6.42 Å². The topological polar surface area (TPSA) is 69.7 Å². The molecule has 3 rings (SSSR count). The summed E-state index contributed by atoms with van der Waals surface area (Å²) in [7, 11) is 0. The Kier molecular flexibility index (Phi) is 5.65. The summed E-state index contributed by atoms with van der Waals surface area (Å²) in [5.74, 6) is 1.75. The van der Waals surface area contributed by atoms with Gasteiger partial charge in [-0.1, -0.05) is 27.7 Å². The number of hydrogen-bond acceptors (Lipinski definition) is 5. The van der Waals surface area contributed by atoms with Gasteiger partial charge in [-0.15, -0.1) is 0 Å². The van der Waals surface area contributed by atoms with Gasteiger partial charge < -0.3 is 9.47 Å². The third-order valence-electron chi connectivity index (χ3n) is 6.30. The van der Waals surface area contributed by atoms with Gasteiger partial charge in [0, 0.05) is 0 Å². The van der Waals surface area contributed by atoms with Gasteiger partial charge >= 0.3 is 17.9 Å². The molecule has 2 aliphatic carbocycles. The van der Waals surface area contributed by atoms with Crippen molar-refractivity contribution in [3.8, 4) is 0 Å². The molecule has 1 heterocycles. The second-order valence-corrected chi connectivity index (χ2v) is 9.07. The summed E-state index contributed by atoms with van der Waals surface area (Å²) in [6, 6.07) is 0. The lowest BCUT2D eigenvalue weighted by molar-refractivity contribution is -0.163. The van der Waals surface area contributed by atoms with Crippen molar-refractivity contribution < 1.29 is 23.9 Å². The number of esters is 3. The summed E-state index contributed by atoms with van der Waals surface area (Å²) >= 11 is 0. The molecule has 142 valence electrons. The SMILES string of the molecule is CC1C(=O)OC(=O)C1C.CC1C2CC(C(=O)OC(C)(C)C)C(C2)C1C. The first-order valence-corrected chi connectivity index (χ1v) is 9.40. The van der Waals surface area contributed by atoms with E-state index in [1.807, 2.05) is 20.8 Å². The van der Waals surface area contributed by atoms with Crippen molar-refractivity contribution in [3.05, 3.63) is 0 Å². The summed E-state index contributed by atoms with van der Waals surface area (Å²) in [4.78, 5) is 33.2. The zero-order chi connectivity index (χ0) is 19.1. The molecule has 0 amide bonds. The molecule has 5 nitrogen and oxygen atoms in total. The van der Waals surface area contributed by atoms with E-state index in [2.05, 4.69) is 18.6 Å². The molecular formula is C20H32O5. The minimum atomic E-state index is -0.396. The van der Waals surface area contributed by atoms with E-state index in [1.54, 1.807) is 13.8 Å². The molecular weight excluding hydrogens is 320 g/mol. The quantitative estimate of drug-likeness (QED) is 0.533. The van der Waals surface area contributed by atoms with Crippen molar-refractivity contribution in [3.63, 3.8) is 0 Å². The van der Waals surface area contributed by atoms with E-state index < -0.39 is 11.9 Å². The average molecular weight is 352 g/mol. The fraction of sp³-hybridized carbons (Fsp3) is 0.850. The predicted molar refractivity (Wildman–Crippen MR) is 93.3 cm³/mol. The number of ether oxygens (including phenoxy) is 2. The second kappa shape index (κ2) is 7.08. The Morgan fingerprint density at radius 2 is 1.48 bits per heavy atom. The van der Waals surface area contributed by atoms with Gasteiger partial charge in [0.25, 0.3) is 0 Å². The molecule has 0 aromatic rings. The number of rotatable bonds is 1. The molecule has 0 aromatic heterocycles. The van der Waals surface area contributed by atoms with Gasteiger partial charge in [0.2, 0.25) is 0 Å². The van der Waals surface area contributed by atoms with Crippen LogP contribution in [0.4, 0.5) is 0 Å². The number of cyclic esters (lactones) is 2. The first-order valence-electron chi connectivity index (χ1n) is 9.40. The van der Waals surface area contributed by atoms with Gasteiger partial charge in [-0.2, -0.15) is 0 Å². The van der Waals surface area contributed by atoms with Gasteiger partial charge in [-0.25, -0.2) is 0 Å². The van der Waals surface area contributed by atoms with Crippen LogP contribution in [0.15, 0.2) is 0 Å². The number of carbonyl (C=O) groups excluding carboxylic acids is 3. The smallest absolute Gasteiger partial charge is 0.317 e. The zero-order valence-electron chi connectivity index (χ0n) is 16.5. The maximum Gasteiger partial charge on any atom is 0.317 e. The third-order valence-corrected chi connectivity index (χ3v) is 6.30. The Balaban J connectivity index is 0.000000212. The normalized spacial score (nSPS) is 39.7. The van der Waals surface area contributed by atoms with Crippen LogP contribution in [0.2, 0.25) is 0 Å². The number of fused-ring (bicyclic) bond motifs is 2. The Labute approximate surface area is 150 Å². The molecule has 2 saturated carbocycles. The Morgan fingerprint density at radius 3 is 1.80 bits per heavy atom. The van der Waals surface area contributed by atoms with E-state index in [-0.39, 0.29) is 29.3 Å². The van der Waals surface area contributed by atoms with E-state index in [0.29, 0.717) is 11.8 Å². The van der Waals surface area contributed by atoms with Crippen molar-refractivity contribution in [2.24, 2.45) is 41.4 Å². The lowest BCUT2D eigenvalue weighted by atomic mass is 9.76. The highest BCUT2D eigenvalue weighted by molar-refractivity contribution is 5.95. The van der Waals surface area contributed by atoms with Gasteiger partial charge in [-0.05, 0) is 57.3 Å². The molecule has 0 aromatic carbocycles. The van der Waals surface area contributed by atoms with Crippen molar-refractivity contribution >= 4 is 17.9 Å². The van der Waals surface area contributed by atoms with Gasteiger partial charge in [0.1, 0.15) is 5.60 Å². The first kappa shape index (κ1) is 19.9. The molecule has 1 aliphatic heterocycles. The summed E-state index contributed by atoms with van der Waals surface area (Å²) in [5, 5.41) is 0. The third kappa shape index (κ3) is 4.24. The minimum absolute atomic E-state index is 0.0405. The average Bonchev–Trinajstić information content (AvgIpc) is 3.11. The molecule has 5 heteroatoms. The van der Waals surface area contributed by atoms with Crippen LogP contribution >= 0.6 is 0 Å². The molecule has 3 fully saturated rings. The predicted octanol–water partition coefficient (Wildman–Crippen LogP) is 3.60. The summed E-state index contributed by atoms with van der Waals surface area (Å²) < 4.78 is 9.83. The summed E-state index contributed by atoms with van der Waals surface area (Å²) in [5.41, 5.74) is -0.340. The van der Waals surface area contributed by atoms with E-state index >= 15 is 0 Å². The fourth-order valence-corrected chi connectivity index (χ4v) is 4.28. The van der Waals surface area contributed by atoms with E-state index in [4.69, 9.17) is 4.74 Å². The van der Waals surface area contributed by atoms with Crippen LogP contribution in [0.25, 0.3) is 0 Å². The minimum Gasteiger partial charge on any atom is -0.460 e. The first-order chi connectivity index (χ1) is 11.4. The highest BCUT2D eigenvalue weighted by Gasteiger charge is 2.52. The van der Waals surface area contributed by atoms with Crippen LogP contribution in [0.1, 0.15) is 61.3 Å². The maximum absolute atomic E-state index is 12.1. The standard InChI is InChI=1S/C14H24O2.C6H8O3/c1-8-9(2)11-6-10(8)7-12(11)13(15)16-14(3,4)5;1-3-4(2)6(8)9-5(3)7/h8-12H,6-7H2,1-5H3;3-4H,1-2H3. The zero-order valence-corrected chi connectivity index (χ0v) is 16.5. The monoisotopic (exact) mass is 352 g/mol. The van der Waals surface area contributed by atoms with Crippen LogP contribution < -0.4 is 0 Å². The van der Waals surface area contributed by atoms with E-state index in [9.17, 15) is 14.4 Å². The summed E-state index contributed by atoms with van der Waals surface area (Å²) in [6.45, 7) is 13.9. The van der Waals surface area contributed by atoms with Crippen molar-refractivity contribution in [1.29, 1.82) is 0 Å². The van der Waals surface area contributed by atoms with Gasteiger partial charge in [-0.3, -0.25) is 14.4 Å². The van der Waals surface area contributed by atoms with Crippen LogP contribution in [0.3, 0.4) is 0 Å². The van der Waals surface area contributed by atoms with Gasteiger partial charge in [0.15, 0.2) is 0 Å². The molecule has 7 atom stereocenters. The lowest BCUT2D eigenvalue weighted by Gasteiger charge is -2.32. The molecule has 3 aliphatic rings. The van der Waals surface area contributed by atoms with Crippen LogP contribution in [0.5, 0.6) is 0 Å². The Hall–Kier alpha value is -1.39. The second-order valence-electron chi connectivity index (χ2n) is 9.07. The Morgan fingerprint density at radius 1 is 0.960 bits per heavy atom. The molecule has 25 heavy (non-hydrogen) atoms. The lowest BCUT2D eigenvalue weighted by Crippen LogP contribution is -2.35. The number of carbonyl (C=O) groups is 3. The molecule has 1 saturated heterocycles. The fourth-order valence-electron chi connectivity index (χ4n) is 4.28. The summed E-state index contributed by atoms with van der Waals surface area (Å²) in [6.07, 6.45) is 2.30. The maximum atomic E-state index is 12.1. The van der Waals surface area contributed by atoms with Crippen molar-refractivity contribution in [1.82, 2.24) is 0 Å². The molecule has 2 bridgehead atoms.